The van der Waals surface area contributed by atoms with E-state index in [9.17, 15) is 9.90 Å². The molecule has 0 aromatic carbocycles. The lowest BCUT2D eigenvalue weighted by Gasteiger charge is -2.57. The van der Waals surface area contributed by atoms with Crippen LogP contribution < -0.4 is 0 Å². The van der Waals surface area contributed by atoms with Crippen molar-refractivity contribution >= 4 is 5.97 Å². The second-order valence-electron chi connectivity index (χ2n) is 11.8. The molecule has 3 rings (SSSR count). The third-order valence-electron chi connectivity index (χ3n) is 9.73. The number of rotatable bonds is 8. The summed E-state index contributed by atoms with van der Waals surface area (Å²) in [5.41, 5.74) is 0.813. The molecule has 2 heteroatoms. The van der Waals surface area contributed by atoms with Crippen LogP contribution in [0.5, 0.6) is 0 Å². The monoisotopic (exact) mass is 390 g/mol. The summed E-state index contributed by atoms with van der Waals surface area (Å²) in [5, 5.41) is 9.25. The van der Waals surface area contributed by atoms with Gasteiger partial charge in [-0.3, -0.25) is 4.79 Å². The molecule has 0 aliphatic heterocycles. The fraction of sp³-hybridized carbons (Fsp3) is 0.962. The molecule has 0 aromatic rings. The summed E-state index contributed by atoms with van der Waals surface area (Å²) in [6, 6.07) is 0. The molecule has 0 radical (unpaired) electrons. The van der Waals surface area contributed by atoms with Crippen LogP contribution in [0, 0.1) is 46.3 Å². The molecule has 3 saturated carbocycles. The standard InChI is InChI=1S/C26H46O2/c1-18(2)8-6-9-19(3)21-11-12-23-20-10-7-15-25(4,16-14-24(27)28)22(20)13-17-26(21,23)5/h18-23H,6-17H2,1-5H3,(H,27,28)/t19-,20+,21-,22+,23+,25+,26-/m0/s1. The van der Waals surface area contributed by atoms with Gasteiger partial charge in [-0.05, 0) is 91.3 Å². The van der Waals surface area contributed by atoms with Crippen LogP contribution in [0.15, 0.2) is 0 Å². The molecule has 1 N–H and O–H groups in total. The van der Waals surface area contributed by atoms with Crippen LogP contribution in [-0.4, -0.2) is 11.1 Å². The van der Waals surface area contributed by atoms with Crippen molar-refractivity contribution in [1.29, 1.82) is 0 Å². The third-order valence-corrected chi connectivity index (χ3v) is 9.73. The van der Waals surface area contributed by atoms with Gasteiger partial charge in [0.2, 0.25) is 0 Å². The van der Waals surface area contributed by atoms with Crippen molar-refractivity contribution in [2.24, 2.45) is 46.3 Å². The molecule has 0 heterocycles. The Balaban J connectivity index is 1.68. The quantitative estimate of drug-likeness (QED) is 0.464. The lowest BCUT2D eigenvalue weighted by Crippen LogP contribution is -2.49. The van der Waals surface area contributed by atoms with Gasteiger partial charge in [0, 0.05) is 6.42 Å². The molecule has 0 unspecified atom stereocenters. The highest BCUT2D eigenvalue weighted by molar-refractivity contribution is 5.66. The van der Waals surface area contributed by atoms with Crippen molar-refractivity contribution in [1.82, 2.24) is 0 Å². The summed E-state index contributed by atoms with van der Waals surface area (Å²) < 4.78 is 0. The average Bonchev–Trinajstić information content (AvgIpc) is 2.97. The number of carbonyl (C=O) groups is 1. The maximum absolute atomic E-state index is 11.2. The average molecular weight is 391 g/mol. The van der Waals surface area contributed by atoms with E-state index in [1.165, 1.54) is 64.2 Å². The molecule has 3 aliphatic rings. The molecular weight excluding hydrogens is 344 g/mol. The summed E-state index contributed by atoms with van der Waals surface area (Å²) >= 11 is 0. The molecular formula is C26H46O2. The van der Waals surface area contributed by atoms with Crippen LogP contribution in [-0.2, 0) is 4.79 Å². The molecule has 0 aromatic heterocycles. The van der Waals surface area contributed by atoms with Gasteiger partial charge in [0.05, 0.1) is 0 Å². The predicted molar refractivity (Wildman–Crippen MR) is 117 cm³/mol. The zero-order valence-electron chi connectivity index (χ0n) is 19.3. The van der Waals surface area contributed by atoms with Crippen LogP contribution in [0.3, 0.4) is 0 Å². The van der Waals surface area contributed by atoms with E-state index in [1.54, 1.807) is 0 Å². The van der Waals surface area contributed by atoms with Gasteiger partial charge in [-0.25, -0.2) is 0 Å². The highest BCUT2D eigenvalue weighted by Crippen LogP contribution is 2.66. The number of hydrogen-bond acceptors (Lipinski definition) is 1. The van der Waals surface area contributed by atoms with Crippen LogP contribution >= 0.6 is 0 Å². The van der Waals surface area contributed by atoms with E-state index in [0.717, 1.165) is 41.9 Å². The van der Waals surface area contributed by atoms with E-state index in [-0.39, 0.29) is 5.41 Å². The number of aliphatic carboxylic acids is 1. The first-order valence-electron chi connectivity index (χ1n) is 12.4. The first-order chi connectivity index (χ1) is 13.2. The van der Waals surface area contributed by atoms with E-state index in [0.29, 0.717) is 11.8 Å². The van der Waals surface area contributed by atoms with Crippen molar-refractivity contribution in [3.63, 3.8) is 0 Å². The van der Waals surface area contributed by atoms with E-state index < -0.39 is 5.97 Å². The molecule has 0 amide bonds. The topological polar surface area (TPSA) is 37.3 Å². The van der Waals surface area contributed by atoms with E-state index >= 15 is 0 Å². The molecule has 3 aliphatic carbocycles. The maximum atomic E-state index is 11.2. The summed E-state index contributed by atoms with van der Waals surface area (Å²) in [4.78, 5) is 11.2. The van der Waals surface area contributed by atoms with Gasteiger partial charge in [-0.15, -0.1) is 0 Å². The summed E-state index contributed by atoms with van der Waals surface area (Å²) in [6.07, 6.45) is 15.0. The van der Waals surface area contributed by atoms with Gasteiger partial charge in [0.25, 0.3) is 0 Å². The van der Waals surface area contributed by atoms with Crippen molar-refractivity contribution in [3.05, 3.63) is 0 Å². The van der Waals surface area contributed by atoms with Gasteiger partial charge >= 0.3 is 5.97 Å². The van der Waals surface area contributed by atoms with E-state index in [4.69, 9.17) is 0 Å². The van der Waals surface area contributed by atoms with Gasteiger partial charge < -0.3 is 5.11 Å². The summed E-state index contributed by atoms with van der Waals surface area (Å²) in [5.74, 6) is 4.53. The fourth-order valence-corrected chi connectivity index (χ4v) is 8.21. The Labute approximate surface area is 174 Å². The zero-order chi connectivity index (χ0) is 20.5. The SMILES string of the molecule is CC(C)CCC[C@H](C)[C@@H]1CC[C@@H]2[C@@H]3CCC[C@](C)(CCC(=O)O)[C@@H]3CC[C@]21C. The molecule has 162 valence electrons. The Hall–Kier alpha value is -0.530. The maximum Gasteiger partial charge on any atom is 0.303 e. The molecule has 2 nitrogen and oxygen atoms in total. The first-order valence-corrected chi connectivity index (χ1v) is 12.4. The predicted octanol–water partition coefficient (Wildman–Crippen LogP) is 7.56. The number of carboxylic acid groups (broad SMARTS) is 1. The van der Waals surface area contributed by atoms with Crippen molar-refractivity contribution in [2.45, 2.75) is 112 Å². The Morgan fingerprint density at radius 3 is 2.43 bits per heavy atom. The minimum atomic E-state index is -0.611. The Kier molecular flexibility index (Phi) is 6.87. The lowest BCUT2D eigenvalue weighted by atomic mass is 9.48. The second kappa shape index (κ2) is 8.68. The molecule has 3 fully saturated rings. The molecule has 0 saturated heterocycles. The molecule has 7 atom stereocenters. The molecule has 28 heavy (non-hydrogen) atoms. The molecule has 0 bridgehead atoms. The van der Waals surface area contributed by atoms with Crippen LogP contribution in [0.1, 0.15) is 112 Å². The summed E-state index contributed by atoms with van der Waals surface area (Å²) in [6.45, 7) is 12.3. The largest absolute Gasteiger partial charge is 0.481 e. The van der Waals surface area contributed by atoms with Crippen molar-refractivity contribution in [3.8, 4) is 0 Å². The minimum absolute atomic E-state index is 0.267. The Morgan fingerprint density at radius 2 is 1.75 bits per heavy atom. The van der Waals surface area contributed by atoms with Crippen molar-refractivity contribution in [2.75, 3.05) is 0 Å². The van der Waals surface area contributed by atoms with Gasteiger partial charge in [-0.2, -0.15) is 0 Å². The lowest BCUT2D eigenvalue weighted by molar-refractivity contribution is -0.139. The van der Waals surface area contributed by atoms with Gasteiger partial charge in [-0.1, -0.05) is 60.3 Å². The zero-order valence-corrected chi connectivity index (χ0v) is 19.3. The minimum Gasteiger partial charge on any atom is -0.481 e. The van der Waals surface area contributed by atoms with E-state index in [2.05, 4.69) is 34.6 Å². The van der Waals surface area contributed by atoms with E-state index in [1.807, 2.05) is 0 Å². The number of hydrogen-bond donors (Lipinski definition) is 1. The fourth-order valence-electron chi connectivity index (χ4n) is 8.21. The van der Waals surface area contributed by atoms with Crippen molar-refractivity contribution < 1.29 is 9.90 Å². The van der Waals surface area contributed by atoms with Gasteiger partial charge in [0.15, 0.2) is 0 Å². The highest BCUT2D eigenvalue weighted by atomic mass is 16.4. The normalized spacial score (nSPS) is 41.5. The van der Waals surface area contributed by atoms with Crippen LogP contribution in [0.4, 0.5) is 0 Å². The Bertz CT molecular complexity index is 541. The number of fused-ring (bicyclic) bond motifs is 3. The molecule has 0 spiro atoms. The Morgan fingerprint density at radius 1 is 1.00 bits per heavy atom. The highest BCUT2D eigenvalue weighted by Gasteiger charge is 2.58. The van der Waals surface area contributed by atoms with Gasteiger partial charge in [0.1, 0.15) is 0 Å². The summed E-state index contributed by atoms with van der Waals surface area (Å²) in [7, 11) is 0. The third kappa shape index (κ3) is 4.31. The van der Waals surface area contributed by atoms with Crippen LogP contribution in [0.2, 0.25) is 0 Å². The first kappa shape index (κ1) is 22.2. The number of carboxylic acids is 1. The van der Waals surface area contributed by atoms with Crippen LogP contribution in [0.25, 0.3) is 0 Å². The second-order valence-corrected chi connectivity index (χ2v) is 11.8. The smallest absolute Gasteiger partial charge is 0.303 e.